The van der Waals surface area contributed by atoms with E-state index >= 15 is 0 Å². The molecule has 0 radical (unpaired) electrons. The monoisotopic (exact) mass is 563 g/mol. The second-order valence-corrected chi connectivity index (χ2v) is 10.2. The predicted molar refractivity (Wildman–Crippen MR) is 149 cm³/mol. The first-order chi connectivity index (χ1) is 17.9. The van der Waals surface area contributed by atoms with Crippen molar-refractivity contribution in [3.63, 3.8) is 0 Å². The number of halogens is 2. The highest BCUT2D eigenvalue weighted by Crippen LogP contribution is 2.49. The van der Waals surface area contributed by atoms with E-state index in [2.05, 4.69) is 31.9 Å². The molecule has 4 rings (SSSR count). The smallest absolute Gasteiger partial charge is 0.217 e. The number of nitrogens with zero attached hydrogens (tertiary/aromatic N) is 2. The fraction of sp³-hybridized carbons (Fsp3) is 0.233. The summed E-state index contributed by atoms with van der Waals surface area (Å²) in [6.07, 6.45) is 2.28. The Labute approximate surface area is 226 Å². The van der Waals surface area contributed by atoms with Gasteiger partial charge < -0.3 is 9.64 Å². The van der Waals surface area contributed by atoms with Crippen molar-refractivity contribution in [2.75, 3.05) is 27.7 Å². The van der Waals surface area contributed by atoms with Crippen LogP contribution in [0, 0.1) is 5.82 Å². The summed E-state index contributed by atoms with van der Waals surface area (Å²) < 4.78 is 21.4. The predicted octanol–water partition coefficient (Wildman–Crippen LogP) is 6.53. The Morgan fingerprint density at radius 3 is 2.32 bits per heavy atom. The van der Waals surface area contributed by atoms with Gasteiger partial charge in [-0.1, -0.05) is 70.5 Å². The lowest BCUT2D eigenvalue weighted by atomic mass is 9.71. The normalized spacial score (nSPS) is 13.8. The van der Waals surface area contributed by atoms with Gasteiger partial charge in [0.25, 0.3) is 0 Å². The minimum atomic E-state index is -1.12. The number of hydrogen-bond donors (Lipinski definition) is 1. The van der Waals surface area contributed by atoms with Gasteiger partial charge in [-0.15, -0.1) is 0 Å². The average molecular weight is 564 g/mol. The largest absolute Gasteiger partial charge is 0.481 e. The van der Waals surface area contributed by atoms with Gasteiger partial charge >= 0.3 is 0 Å². The van der Waals surface area contributed by atoms with Crippen molar-refractivity contribution in [3.8, 4) is 17.0 Å². The van der Waals surface area contributed by atoms with Crippen LogP contribution in [0.2, 0.25) is 0 Å². The maximum absolute atomic E-state index is 14.6. The Morgan fingerprint density at radius 2 is 1.70 bits per heavy atom. The Kier molecular flexibility index (Phi) is 8.71. The molecule has 0 fully saturated rings. The van der Waals surface area contributed by atoms with Crippen LogP contribution in [-0.2, 0) is 10.4 Å². The average Bonchev–Trinajstić information content (AvgIpc) is 2.91. The van der Waals surface area contributed by atoms with Crippen LogP contribution >= 0.6 is 15.9 Å². The summed E-state index contributed by atoms with van der Waals surface area (Å²) in [6, 6.07) is 26.5. The highest BCUT2D eigenvalue weighted by atomic mass is 79.9. The molecule has 1 aromatic heterocycles. The van der Waals surface area contributed by atoms with Crippen LogP contribution < -0.4 is 10.6 Å². The van der Waals surface area contributed by atoms with Crippen molar-refractivity contribution in [1.82, 2.24) is 9.88 Å². The second-order valence-electron chi connectivity index (χ2n) is 9.24. The second kappa shape index (κ2) is 12.0. The molecule has 0 bridgehead atoms. The summed E-state index contributed by atoms with van der Waals surface area (Å²) >= 11 is 3.50. The van der Waals surface area contributed by atoms with E-state index < -0.39 is 11.5 Å². The molecule has 192 valence electrons. The van der Waals surface area contributed by atoms with Gasteiger partial charge in [-0.05, 0) is 67.5 Å². The van der Waals surface area contributed by atoms with E-state index in [1.165, 1.54) is 12.1 Å². The molecular weight excluding hydrogens is 533 g/mol. The van der Waals surface area contributed by atoms with Crippen LogP contribution in [0.1, 0.15) is 29.0 Å². The van der Waals surface area contributed by atoms with Crippen molar-refractivity contribution in [2.45, 2.75) is 17.9 Å². The van der Waals surface area contributed by atoms with Crippen molar-refractivity contribution in [1.29, 1.82) is 0 Å². The van der Waals surface area contributed by atoms with Gasteiger partial charge in [0.1, 0.15) is 11.4 Å². The van der Waals surface area contributed by atoms with Gasteiger partial charge in [0, 0.05) is 34.3 Å². The van der Waals surface area contributed by atoms with Crippen molar-refractivity contribution in [2.24, 2.45) is 5.90 Å². The molecule has 3 aromatic carbocycles. The molecule has 0 aliphatic heterocycles. The number of pyridine rings is 1. The number of methoxy groups -OCH3 is 1. The van der Waals surface area contributed by atoms with E-state index in [0.29, 0.717) is 24.4 Å². The van der Waals surface area contributed by atoms with E-state index in [1.807, 2.05) is 74.8 Å². The summed E-state index contributed by atoms with van der Waals surface area (Å²) in [5, 5.41) is 0. The van der Waals surface area contributed by atoms with Crippen molar-refractivity contribution in [3.05, 3.63) is 118 Å². The molecule has 0 saturated heterocycles. The SMILES string of the molecule is COc1ncc(-c2ccc(Br)cc2)cc1C(c1ccccc1)C(CCN(C)C)(ON)c1cccc(F)c1. The van der Waals surface area contributed by atoms with Crippen LogP contribution in [0.4, 0.5) is 4.39 Å². The van der Waals surface area contributed by atoms with Gasteiger partial charge in [-0.3, -0.25) is 4.84 Å². The number of rotatable bonds is 10. The Balaban J connectivity index is 2.01. The zero-order valence-corrected chi connectivity index (χ0v) is 22.8. The number of aromatic nitrogens is 1. The molecule has 0 saturated carbocycles. The Bertz CT molecular complexity index is 1320. The topological polar surface area (TPSA) is 60.6 Å². The maximum Gasteiger partial charge on any atom is 0.217 e. The van der Waals surface area contributed by atoms with Crippen LogP contribution in [0.3, 0.4) is 0 Å². The maximum atomic E-state index is 14.6. The highest BCUT2D eigenvalue weighted by molar-refractivity contribution is 9.10. The minimum Gasteiger partial charge on any atom is -0.481 e. The standard InChI is InChI=1S/C30H31BrFN3O2/c1-35(2)17-16-30(37-33,24-10-7-11-26(32)19-24)28(22-8-5-4-6-9-22)27-18-23(20-34-29(27)36-3)21-12-14-25(31)15-13-21/h4-15,18-20,28H,16-17,33H2,1-3H3. The molecule has 0 amide bonds. The van der Waals surface area contributed by atoms with E-state index in [1.54, 1.807) is 19.4 Å². The van der Waals surface area contributed by atoms with Gasteiger partial charge in [0.15, 0.2) is 0 Å². The molecule has 1 heterocycles. The van der Waals surface area contributed by atoms with Crippen LogP contribution in [0.5, 0.6) is 5.88 Å². The molecular formula is C30H31BrFN3O2. The molecule has 2 unspecified atom stereocenters. The third-order valence-corrected chi connectivity index (χ3v) is 7.14. The molecule has 37 heavy (non-hydrogen) atoms. The number of benzene rings is 3. The van der Waals surface area contributed by atoms with Gasteiger partial charge in [-0.25, -0.2) is 15.3 Å². The van der Waals surface area contributed by atoms with Crippen LogP contribution in [0.15, 0.2) is 95.6 Å². The molecule has 2 N–H and O–H groups in total. The summed E-state index contributed by atoms with van der Waals surface area (Å²) in [6.45, 7) is 0.652. The summed E-state index contributed by atoms with van der Waals surface area (Å²) in [5.41, 5.74) is 3.18. The fourth-order valence-electron chi connectivity index (χ4n) is 4.78. The van der Waals surface area contributed by atoms with Gasteiger partial charge in [0.05, 0.1) is 7.11 Å². The zero-order chi connectivity index (χ0) is 26.4. The van der Waals surface area contributed by atoms with Crippen molar-refractivity contribution < 1.29 is 14.0 Å². The first-order valence-corrected chi connectivity index (χ1v) is 12.8. The third kappa shape index (κ3) is 5.91. The summed E-state index contributed by atoms with van der Waals surface area (Å²) in [7, 11) is 5.57. The van der Waals surface area contributed by atoms with Gasteiger partial charge in [0.2, 0.25) is 5.88 Å². The molecule has 7 heteroatoms. The number of ether oxygens (including phenoxy) is 1. The lowest BCUT2D eigenvalue weighted by molar-refractivity contribution is -0.0759. The zero-order valence-electron chi connectivity index (χ0n) is 21.2. The molecule has 4 aromatic rings. The quantitative estimate of drug-likeness (QED) is 0.222. The first-order valence-electron chi connectivity index (χ1n) is 12.0. The highest BCUT2D eigenvalue weighted by Gasteiger charge is 2.45. The Hall–Kier alpha value is -3.10. The van der Waals surface area contributed by atoms with E-state index in [4.69, 9.17) is 15.5 Å². The fourth-order valence-corrected chi connectivity index (χ4v) is 5.05. The lowest BCUT2D eigenvalue weighted by Crippen LogP contribution is -2.42. The molecule has 0 aliphatic carbocycles. The van der Waals surface area contributed by atoms with Gasteiger partial charge in [-0.2, -0.15) is 0 Å². The van der Waals surface area contributed by atoms with E-state index in [0.717, 1.165) is 26.7 Å². The Morgan fingerprint density at radius 1 is 0.973 bits per heavy atom. The number of nitrogens with two attached hydrogens (primary N) is 1. The molecule has 2 atom stereocenters. The lowest BCUT2D eigenvalue weighted by Gasteiger charge is -2.41. The van der Waals surface area contributed by atoms with Crippen molar-refractivity contribution >= 4 is 15.9 Å². The first kappa shape index (κ1) is 26.9. The molecule has 0 spiro atoms. The molecule has 0 aliphatic rings. The van der Waals surface area contributed by atoms with E-state index in [-0.39, 0.29) is 5.82 Å². The third-order valence-electron chi connectivity index (χ3n) is 6.61. The van der Waals surface area contributed by atoms with Crippen LogP contribution in [0.25, 0.3) is 11.1 Å². The molecule has 5 nitrogen and oxygen atoms in total. The number of hydrogen-bond acceptors (Lipinski definition) is 5. The van der Waals surface area contributed by atoms with Crippen LogP contribution in [-0.4, -0.2) is 37.6 Å². The summed E-state index contributed by atoms with van der Waals surface area (Å²) in [4.78, 5) is 12.7. The minimum absolute atomic E-state index is 0.357. The summed E-state index contributed by atoms with van der Waals surface area (Å²) in [5.74, 6) is 5.84. The van der Waals surface area contributed by atoms with E-state index in [9.17, 15) is 4.39 Å².